The summed E-state index contributed by atoms with van der Waals surface area (Å²) in [6, 6.07) is 6.45. The molecule has 1 aromatic rings. The first-order valence-electron chi connectivity index (χ1n) is 10.0. The van der Waals surface area contributed by atoms with Gasteiger partial charge < -0.3 is 10.1 Å². The molecule has 3 rings (SSSR count). The van der Waals surface area contributed by atoms with Gasteiger partial charge in [-0.05, 0) is 56.9 Å². The van der Waals surface area contributed by atoms with Gasteiger partial charge in [-0.1, -0.05) is 6.92 Å². The van der Waals surface area contributed by atoms with Gasteiger partial charge in [0.2, 0.25) is 15.9 Å². The molecule has 7 nitrogen and oxygen atoms in total. The maximum atomic E-state index is 12.8. The lowest BCUT2D eigenvalue weighted by atomic mass is 10.0. The van der Waals surface area contributed by atoms with Crippen molar-refractivity contribution in [2.75, 3.05) is 38.0 Å². The number of morpholine rings is 1. The van der Waals surface area contributed by atoms with Gasteiger partial charge in [0.15, 0.2) is 0 Å². The van der Waals surface area contributed by atoms with Crippen LogP contribution in [0.1, 0.15) is 33.6 Å². The van der Waals surface area contributed by atoms with Crippen LogP contribution >= 0.6 is 0 Å². The summed E-state index contributed by atoms with van der Waals surface area (Å²) < 4.78 is 32.8. The summed E-state index contributed by atoms with van der Waals surface area (Å²) in [5, 5.41) is 2.85. The Morgan fingerprint density at radius 1 is 1.07 bits per heavy atom. The summed E-state index contributed by atoms with van der Waals surface area (Å²) in [7, 11) is -3.47. The first-order chi connectivity index (χ1) is 13.2. The van der Waals surface area contributed by atoms with Gasteiger partial charge in [-0.25, -0.2) is 8.42 Å². The highest BCUT2D eigenvalue weighted by molar-refractivity contribution is 7.89. The topological polar surface area (TPSA) is 79.0 Å². The summed E-state index contributed by atoms with van der Waals surface area (Å²) >= 11 is 0. The van der Waals surface area contributed by atoms with E-state index >= 15 is 0 Å². The Hall–Kier alpha value is -1.48. The van der Waals surface area contributed by atoms with Crippen molar-refractivity contribution in [1.29, 1.82) is 0 Å². The number of anilines is 1. The minimum absolute atomic E-state index is 0.109. The van der Waals surface area contributed by atoms with Gasteiger partial charge in [-0.15, -0.1) is 0 Å². The summed E-state index contributed by atoms with van der Waals surface area (Å²) in [6.07, 6.45) is 2.01. The molecule has 0 aromatic heterocycles. The van der Waals surface area contributed by atoms with E-state index in [1.54, 1.807) is 28.6 Å². The van der Waals surface area contributed by atoms with E-state index in [0.717, 1.165) is 25.9 Å². The van der Waals surface area contributed by atoms with Gasteiger partial charge in [-0.2, -0.15) is 4.31 Å². The van der Waals surface area contributed by atoms with E-state index in [2.05, 4.69) is 17.1 Å². The second-order valence-corrected chi connectivity index (χ2v) is 10.0. The summed E-state index contributed by atoms with van der Waals surface area (Å²) in [5.74, 6) is 0.461. The van der Waals surface area contributed by atoms with E-state index in [4.69, 9.17) is 4.74 Å². The number of nitrogens with zero attached hydrogens (tertiary/aromatic N) is 2. The number of rotatable bonds is 5. The van der Waals surface area contributed by atoms with Crippen molar-refractivity contribution in [3.8, 4) is 0 Å². The van der Waals surface area contributed by atoms with Gasteiger partial charge in [0.1, 0.15) is 0 Å². The molecule has 8 heteroatoms. The van der Waals surface area contributed by atoms with Crippen molar-refractivity contribution in [3.05, 3.63) is 24.3 Å². The van der Waals surface area contributed by atoms with Gasteiger partial charge in [0.05, 0.1) is 23.6 Å². The Balaban J connectivity index is 1.57. The molecule has 0 saturated carbocycles. The molecule has 0 radical (unpaired) electrons. The zero-order valence-corrected chi connectivity index (χ0v) is 17.7. The molecule has 2 fully saturated rings. The lowest BCUT2D eigenvalue weighted by Gasteiger charge is -2.34. The van der Waals surface area contributed by atoms with Crippen LogP contribution in [-0.4, -0.2) is 68.5 Å². The lowest BCUT2D eigenvalue weighted by molar-refractivity contribution is -0.121. The molecule has 2 unspecified atom stereocenters. The number of carbonyl (C=O) groups excluding carboxylic acids is 1. The number of sulfonamides is 1. The Bertz CT molecular complexity index is 763. The number of hydrogen-bond donors (Lipinski definition) is 1. The summed E-state index contributed by atoms with van der Waals surface area (Å²) in [6.45, 7) is 9.04. The predicted molar refractivity (Wildman–Crippen MR) is 109 cm³/mol. The second kappa shape index (κ2) is 8.90. The van der Waals surface area contributed by atoms with Crippen LogP contribution in [0.25, 0.3) is 0 Å². The van der Waals surface area contributed by atoms with E-state index in [1.165, 1.54) is 0 Å². The average molecular weight is 410 g/mol. The van der Waals surface area contributed by atoms with Gasteiger partial charge in [-0.3, -0.25) is 9.69 Å². The molecular weight excluding hydrogens is 378 g/mol. The number of amides is 1. The largest absolute Gasteiger partial charge is 0.373 e. The minimum Gasteiger partial charge on any atom is -0.373 e. The zero-order chi connectivity index (χ0) is 20.3. The van der Waals surface area contributed by atoms with Gasteiger partial charge >= 0.3 is 0 Å². The van der Waals surface area contributed by atoms with Crippen LogP contribution in [0.4, 0.5) is 5.69 Å². The molecule has 2 heterocycles. The van der Waals surface area contributed by atoms with Crippen LogP contribution in [0.5, 0.6) is 0 Å². The first-order valence-corrected chi connectivity index (χ1v) is 11.5. The van der Waals surface area contributed by atoms with E-state index in [-0.39, 0.29) is 23.0 Å². The highest BCUT2D eigenvalue weighted by Crippen LogP contribution is 2.24. The number of nitrogens with one attached hydrogen (secondary N) is 1. The molecule has 1 amide bonds. The van der Waals surface area contributed by atoms with E-state index in [9.17, 15) is 13.2 Å². The molecule has 156 valence electrons. The molecule has 1 N–H and O–H groups in total. The second-order valence-electron chi connectivity index (χ2n) is 8.11. The van der Waals surface area contributed by atoms with Crippen LogP contribution in [-0.2, 0) is 19.6 Å². The Labute approximate surface area is 168 Å². The molecule has 0 bridgehead atoms. The van der Waals surface area contributed by atoms with Crippen molar-refractivity contribution in [1.82, 2.24) is 9.21 Å². The molecule has 0 spiro atoms. The molecule has 1 aromatic carbocycles. The van der Waals surface area contributed by atoms with Crippen molar-refractivity contribution in [2.45, 2.75) is 50.7 Å². The number of carbonyl (C=O) groups is 1. The van der Waals surface area contributed by atoms with Crippen LogP contribution < -0.4 is 5.32 Å². The van der Waals surface area contributed by atoms with Crippen molar-refractivity contribution in [3.63, 3.8) is 0 Å². The van der Waals surface area contributed by atoms with E-state index in [1.807, 2.05) is 13.8 Å². The van der Waals surface area contributed by atoms with Crippen molar-refractivity contribution >= 4 is 21.6 Å². The zero-order valence-electron chi connectivity index (χ0n) is 16.9. The monoisotopic (exact) mass is 409 g/mol. The van der Waals surface area contributed by atoms with Crippen LogP contribution in [0.15, 0.2) is 29.2 Å². The first kappa shape index (κ1) is 21.2. The van der Waals surface area contributed by atoms with Crippen LogP contribution in [0.2, 0.25) is 0 Å². The highest BCUT2D eigenvalue weighted by atomic mass is 32.2. The third-order valence-corrected chi connectivity index (χ3v) is 7.29. The van der Waals surface area contributed by atoms with Crippen molar-refractivity contribution < 1.29 is 17.9 Å². The van der Waals surface area contributed by atoms with Crippen molar-refractivity contribution in [2.24, 2.45) is 5.92 Å². The maximum absolute atomic E-state index is 12.8. The number of piperidine rings is 1. The molecular formula is C20H31N3O4S. The smallest absolute Gasteiger partial charge is 0.243 e. The lowest BCUT2D eigenvalue weighted by Crippen LogP contribution is -2.48. The molecule has 2 atom stereocenters. The average Bonchev–Trinajstić information content (AvgIpc) is 2.61. The minimum atomic E-state index is -3.47. The van der Waals surface area contributed by atoms with Gasteiger partial charge in [0.25, 0.3) is 0 Å². The highest BCUT2D eigenvalue weighted by Gasteiger charge is 2.28. The fourth-order valence-electron chi connectivity index (χ4n) is 3.90. The fraction of sp³-hybridized carbons (Fsp3) is 0.650. The quantitative estimate of drug-likeness (QED) is 0.806. The Morgan fingerprint density at radius 3 is 2.21 bits per heavy atom. The molecule has 28 heavy (non-hydrogen) atoms. The van der Waals surface area contributed by atoms with Crippen LogP contribution in [0.3, 0.4) is 0 Å². The van der Waals surface area contributed by atoms with E-state index in [0.29, 0.717) is 31.2 Å². The molecule has 2 aliphatic heterocycles. The third-order valence-electron chi connectivity index (χ3n) is 5.38. The van der Waals surface area contributed by atoms with Gasteiger partial charge in [0, 0.05) is 31.9 Å². The summed E-state index contributed by atoms with van der Waals surface area (Å²) in [4.78, 5) is 14.7. The molecule has 2 aliphatic rings. The standard InChI is InChI=1S/C20H31N3O4S/c1-15-8-10-23(11-9-15)28(25,26)19-6-4-18(5-7-19)21-20(24)14-22-12-16(2)27-17(3)13-22/h4-7,15-17H,8-14H2,1-3H3,(H,21,24). The SMILES string of the molecule is CC1CCN(S(=O)(=O)c2ccc(NC(=O)CN3CC(C)OC(C)C3)cc2)CC1. The molecule has 2 saturated heterocycles. The maximum Gasteiger partial charge on any atom is 0.243 e. The number of ether oxygens (including phenoxy) is 1. The third kappa shape index (κ3) is 5.31. The normalized spacial score (nSPS) is 25.5. The number of hydrogen-bond acceptors (Lipinski definition) is 5. The summed E-state index contributed by atoms with van der Waals surface area (Å²) in [5.41, 5.74) is 0.602. The fourth-order valence-corrected chi connectivity index (χ4v) is 5.37. The van der Waals surface area contributed by atoms with E-state index < -0.39 is 10.0 Å². The Kier molecular flexibility index (Phi) is 6.75. The van der Waals surface area contributed by atoms with Crippen LogP contribution in [0, 0.1) is 5.92 Å². The molecule has 0 aliphatic carbocycles. The number of benzene rings is 1. The Morgan fingerprint density at radius 2 is 1.64 bits per heavy atom. The predicted octanol–water partition coefficient (Wildman–Crippen LogP) is 2.15.